The highest BCUT2D eigenvalue weighted by atomic mass is 16.2. The quantitative estimate of drug-likeness (QED) is 0.683. The van der Waals surface area contributed by atoms with Crippen molar-refractivity contribution in [3.05, 3.63) is 0 Å². The van der Waals surface area contributed by atoms with E-state index in [2.05, 4.69) is 5.32 Å². The Morgan fingerprint density at radius 2 is 1.85 bits per heavy atom. The number of carbonyl (C=O) groups is 1. The van der Waals surface area contributed by atoms with Gasteiger partial charge in [0.2, 0.25) is 0 Å². The van der Waals surface area contributed by atoms with Crippen molar-refractivity contribution >= 4 is 6.03 Å². The Labute approximate surface area is 81.1 Å². The summed E-state index contributed by atoms with van der Waals surface area (Å²) >= 11 is 0. The van der Waals surface area contributed by atoms with Gasteiger partial charge < -0.3 is 11.1 Å². The average Bonchev–Trinajstić information content (AvgIpc) is 2.19. The first kappa shape index (κ1) is 12.3. The molecule has 0 saturated heterocycles. The fourth-order valence-corrected chi connectivity index (χ4v) is 1.64. The van der Waals surface area contributed by atoms with E-state index in [1.807, 2.05) is 13.8 Å². The summed E-state index contributed by atoms with van der Waals surface area (Å²) < 4.78 is 0. The summed E-state index contributed by atoms with van der Waals surface area (Å²) in [6, 6.07) is -0.393. The van der Waals surface area contributed by atoms with Gasteiger partial charge >= 0.3 is 6.03 Å². The molecule has 0 atom stereocenters. The van der Waals surface area contributed by atoms with E-state index in [0.29, 0.717) is 5.92 Å². The third-order valence-corrected chi connectivity index (χ3v) is 2.29. The van der Waals surface area contributed by atoms with Gasteiger partial charge in [-0.05, 0) is 18.8 Å². The van der Waals surface area contributed by atoms with Crippen molar-refractivity contribution in [1.82, 2.24) is 5.32 Å². The number of amides is 2. The first-order chi connectivity index (χ1) is 6.29. The topological polar surface area (TPSA) is 55.1 Å². The Kier molecular flexibility index (Phi) is 7.45. The summed E-state index contributed by atoms with van der Waals surface area (Å²) in [7, 11) is 0. The van der Waals surface area contributed by atoms with E-state index >= 15 is 0 Å². The molecular weight excluding hydrogens is 164 g/mol. The van der Waals surface area contributed by atoms with Crippen LogP contribution in [0.4, 0.5) is 4.79 Å². The molecule has 1 aliphatic carbocycles. The van der Waals surface area contributed by atoms with Gasteiger partial charge in [0.1, 0.15) is 0 Å². The van der Waals surface area contributed by atoms with Crippen molar-refractivity contribution < 1.29 is 4.79 Å². The third kappa shape index (κ3) is 6.43. The van der Waals surface area contributed by atoms with Crippen molar-refractivity contribution in [2.24, 2.45) is 11.7 Å². The van der Waals surface area contributed by atoms with E-state index in [9.17, 15) is 4.79 Å². The molecular formula is C10H22N2O. The fourth-order valence-electron chi connectivity index (χ4n) is 1.64. The number of primary amides is 1. The zero-order chi connectivity index (χ0) is 10.1. The molecule has 3 nitrogen and oxygen atoms in total. The lowest BCUT2D eigenvalue weighted by Crippen LogP contribution is -2.34. The van der Waals surface area contributed by atoms with Gasteiger partial charge in [-0.1, -0.05) is 33.1 Å². The van der Waals surface area contributed by atoms with Crippen molar-refractivity contribution in [1.29, 1.82) is 0 Å². The first-order valence-electron chi connectivity index (χ1n) is 5.32. The molecule has 0 radical (unpaired) electrons. The summed E-state index contributed by atoms with van der Waals surface area (Å²) in [6.07, 6.45) is 6.48. The number of nitrogens with two attached hydrogens (primary N) is 1. The molecule has 1 saturated carbocycles. The summed E-state index contributed by atoms with van der Waals surface area (Å²) in [5, 5.41) is 2.65. The molecule has 0 bridgehead atoms. The number of hydrogen-bond donors (Lipinski definition) is 2. The monoisotopic (exact) mass is 186 g/mol. The molecule has 1 fully saturated rings. The summed E-state index contributed by atoms with van der Waals surface area (Å²) in [5.41, 5.74) is 4.96. The van der Waals surface area contributed by atoms with Gasteiger partial charge in [0.25, 0.3) is 0 Å². The molecule has 3 N–H and O–H groups in total. The molecule has 0 aromatic rings. The molecule has 2 amide bonds. The minimum Gasteiger partial charge on any atom is -0.352 e. The summed E-state index contributed by atoms with van der Waals surface area (Å²) in [4.78, 5) is 10.4. The van der Waals surface area contributed by atoms with Crippen LogP contribution in [0.2, 0.25) is 0 Å². The van der Waals surface area contributed by atoms with Crippen LogP contribution in [0.25, 0.3) is 0 Å². The van der Waals surface area contributed by atoms with Gasteiger partial charge in [0.15, 0.2) is 0 Å². The van der Waals surface area contributed by atoms with Gasteiger partial charge in [-0.2, -0.15) is 0 Å². The molecule has 0 spiro atoms. The van der Waals surface area contributed by atoms with Crippen LogP contribution in [0.5, 0.6) is 0 Å². The standard InChI is InChI=1S/C8H16N2O.C2H6/c9-8(11)10-6-7-4-2-1-3-5-7;1-2/h7H,1-6H2,(H3,9,10,11);1-2H3. The molecule has 0 aliphatic heterocycles. The number of rotatable bonds is 2. The summed E-state index contributed by atoms with van der Waals surface area (Å²) in [5.74, 6) is 0.677. The van der Waals surface area contributed by atoms with Crippen LogP contribution in [0.3, 0.4) is 0 Å². The smallest absolute Gasteiger partial charge is 0.312 e. The molecule has 3 heteroatoms. The predicted molar refractivity (Wildman–Crippen MR) is 55.5 cm³/mol. The average molecular weight is 186 g/mol. The second-order valence-corrected chi connectivity index (χ2v) is 3.25. The van der Waals surface area contributed by atoms with E-state index in [1.54, 1.807) is 0 Å². The van der Waals surface area contributed by atoms with Crippen molar-refractivity contribution in [2.75, 3.05) is 6.54 Å². The van der Waals surface area contributed by atoms with Gasteiger partial charge in [0, 0.05) is 6.54 Å². The second kappa shape index (κ2) is 7.90. The van der Waals surface area contributed by atoms with Gasteiger partial charge in [-0.15, -0.1) is 0 Å². The SMILES string of the molecule is CC.NC(=O)NCC1CCCCC1. The molecule has 78 valence electrons. The van der Waals surface area contributed by atoms with Crippen LogP contribution in [-0.4, -0.2) is 12.6 Å². The number of nitrogens with one attached hydrogen (secondary N) is 1. The van der Waals surface area contributed by atoms with Crippen LogP contribution < -0.4 is 11.1 Å². The van der Waals surface area contributed by atoms with Crippen LogP contribution in [0.15, 0.2) is 0 Å². The molecule has 13 heavy (non-hydrogen) atoms. The number of carbonyl (C=O) groups excluding carboxylic acids is 1. The van der Waals surface area contributed by atoms with Crippen molar-refractivity contribution in [3.63, 3.8) is 0 Å². The Morgan fingerprint density at radius 1 is 1.31 bits per heavy atom. The molecule has 1 aliphatic rings. The minimum atomic E-state index is -0.393. The van der Waals surface area contributed by atoms with Gasteiger partial charge in [-0.3, -0.25) is 0 Å². The molecule has 0 heterocycles. The van der Waals surface area contributed by atoms with Gasteiger partial charge in [-0.25, -0.2) is 4.79 Å². The molecule has 0 aromatic carbocycles. The van der Waals surface area contributed by atoms with Crippen LogP contribution in [0, 0.1) is 5.92 Å². The lowest BCUT2D eigenvalue weighted by molar-refractivity contribution is 0.244. The van der Waals surface area contributed by atoms with Crippen LogP contribution in [0.1, 0.15) is 46.0 Å². The maximum absolute atomic E-state index is 10.4. The van der Waals surface area contributed by atoms with E-state index in [4.69, 9.17) is 5.73 Å². The largest absolute Gasteiger partial charge is 0.352 e. The molecule has 0 unspecified atom stereocenters. The van der Waals surface area contributed by atoms with E-state index in [0.717, 1.165) is 6.54 Å². The molecule has 1 rings (SSSR count). The highest BCUT2D eigenvalue weighted by molar-refractivity contribution is 5.71. The zero-order valence-electron chi connectivity index (χ0n) is 8.81. The lowest BCUT2D eigenvalue weighted by Gasteiger charge is -2.20. The Balaban J connectivity index is 0.000000671. The Morgan fingerprint density at radius 3 is 2.31 bits per heavy atom. The molecule has 0 aromatic heterocycles. The van der Waals surface area contributed by atoms with E-state index in [-0.39, 0.29) is 0 Å². The van der Waals surface area contributed by atoms with E-state index < -0.39 is 6.03 Å². The summed E-state index contributed by atoms with van der Waals surface area (Å²) in [6.45, 7) is 4.77. The van der Waals surface area contributed by atoms with Crippen molar-refractivity contribution in [2.45, 2.75) is 46.0 Å². The van der Waals surface area contributed by atoms with Crippen LogP contribution >= 0.6 is 0 Å². The fraction of sp³-hybridized carbons (Fsp3) is 0.900. The number of hydrogen-bond acceptors (Lipinski definition) is 1. The predicted octanol–water partition coefficient (Wildman–Crippen LogP) is 2.26. The normalized spacial score (nSPS) is 17.1. The minimum absolute atomic E-state index is 0.393. The van der Waals surface area contributed by atoms with E-state index in [1.165, 1.54) is 32.1 Å². The highest BCUT2D eigenvalue weighted by Gasteiger charge is 2.12. The maximum Gasteiger partial charge on any atom is 0.312 e. The third-order valence-electron chi connectivity index (χ3n) is 2.29. The first-order valence-corrected chi connectivity index (χ1v) is 5.32. The van der Waals surface area contributed by atoms with Crippen LogP contribution in [-0.2, 0) is 0 Å². The number of urea groups is 1. The second-order valence-electron chi connectivity index (χ2n) is 3.25. The Bertz CT molecular complexity index is 131. The highest BCUT2D eigenvalue weighted by Crippen LogP contribution is 2.22. The Hall–Kier alpha value is -0.730. The lowest BCUT2D eigenvalue weighted by atomic mass is 9.89. The van der Waals surface area contributed by atoms with Gasteiger partial charge in [0.05, 0.1) is 0 Å². The zero-order valence-corrected chi connectivity index (χ0v) is 8.81. The maximum atomic E-state index is 10.4. The van der Waals surface area contributed by atoms with Crippen molar-refractivity contribution in [3.8, 4) is 0 Å².